The summed E-state index contributed by atoms with van der Waals surface area (Å²) in [5, 5.41) is 3.45. The lowest BCUT2D eigenvalue weighted by molar-refractivity contribution is 0.0370. The van der Waals surface area contributed by atoms with Crippen molar-refractivity contribution in [2.75, 3.05) is 39.4 Å². The highest BCUT2D eigenvalue weighted by atomic mass is 15.3. The molecule has 0 spiro atoms. The summed E-state index contributed by atoms with van der Waals surface area (Å²) in [4.78, 5) is 5.36. The van der Waals surface area contributed by atoms with Gasteiger partial charge in [0.05, 0.1) is 6.67 Å². The predicted octanol–water partition coefficient (Wildman–Crippen LogP) is 3.17. The van der Waals surface area contributed by atoms with E-state index in [0.717, 1.165) is 19.0 Å². The van der Waals surface area contributed by atoms with E-state index in [0.29, 0.717) is 6.04 Å². The van der Waals surface area contributed by atoms with Crippen LogP contribution in [0.15, 0.2) is 0 Å². The smallest absolute Gasteiger partial charge is 0.0508 e. The van der Waals surface area contributed by atoms with Gasteiger partial charge in [-0.2, -0.15) is 0 Å². The molecule has 0 radical (unpaired) electrons. The summed E-state index contributed by atoms with van der Waals surface area (Å²) in [5.74, 6) is 0.782. The molecule has 1 aliphatic rings. The fraction of sp³-hybridized carbons (Fsp3) is 1.00. The van der Waals surface area contributed by atoms with Gasteiger partial charge in [-0.05, 0) is 51.7 Å². The molecule has 1 heterocycles. The first-order chi connectivity index (χ1) is 9.69. The Kier molecular flexibility index (Phi) is 9.49. The molecule has 1 aliphatic heterocycles. The molecule has 0 bridgehead atoms. The molecule has 120 valence electrons. The van der Waals surface area contributed by atoms with Crippen LogP contribution in [0.25, 0.3) is 0 Å². The lowest BCUT2D eigenvalue weighted by atomic mass is 9.97. The summed E-state index contributed by atoms with van der Waals surface area (Å²) in [7, 11) is 0. The van der Waals surface area contributed by atoms with Crippen LogP contribution in [0.3, 0.4) is 0 Å². The summed E-state index contributed by atoms with van der Waals surface area (Å²) < 4.78 is 0. The summed E-state index contributed by atoms with van der Waals surface area (Å²) in [5.41, 5.74) is 0. The zero-order valence-corrected chi connectivity index (χ0v) is 14.3. The highest BCUT2D eigenvalue weighted by molar-refractivity contribution is 4.77. The summed E-state index contributed by atoms with van der Waals surface area (Å²) >= 11 is 0. The Balaban J connectivity index is 2.29. The van der Waals surface area contributed by atoms with E-state index in [2.05, 4.69) is 42.8 Å². The maximum Gasteiger partial charge on any atom is 0.0508 e. The van der Waals surface area contributed by atoms with Crippen LogP contribution < -0.4 is 5.32 Å². The monoisotopic (exact) mass is 283 g/mol. The van der Waals surface area contributed by atoms with Crippen LogP contribution in [-0.4, -0.2) is 55.2 Å². The number of hydrogen-bond acceptors (Lipinski definition) is 3. The standard InChI is InChI=1S/C17H37N3/c1-5-7-8-12-19-13-9-14-20(15-19)17(4)16(3)10-11-18-6-2/h16-18H,5-15H2,1-4H3. The second-order valence-corrected chi connectivity index (χ2v) is 6.49. The third-order valence-corrected chi connectivity index (χ3v) is 4.81. The fourth-order valence-corrected chi connectivity index (χ4v) is 3.10. The van der Waals surface area contributed by atoms with Crippen molar-refractivity contribution in [1.82, 2.24) is 15.1 Å². The van der Waals surface area contributed by atoms with Crippen molar-refractivity contribution < 1.29 is 0 Å². The third kappa shape index (κ3) is 6.55. The Morgan fingerprint density at radius 1 is 1.10 bits per heavy atom. The van der Waals surface area contributed by atoms with Gasteiger partial charge in [0.25, 0.3) is 0 Å². The quantitative estimate of drug-likeness (QED) is 0.621. The van der Waals surface area contributed by atoms with E-state index in [-0.39, 0.29) is 0 Å². The van der Waals surface area contributed by atoms with Crippen molar-refractivity contribution in [1.29, 1.82) is 0 Å². The molecule has 0 aromatic heterocycles. The summed E-state index contributed by atoms with van der Waals surface area (Å²) in [6, 6.07) is 0.711. The molecule has 1 saturated heterocycles. The highest BCUT2D eigenvalue weighted by Gasteiger charge is 2.24. The van der Waals surface area contributed by atoms with E-state index < -0.39 is 0 Å². The topological polar surface area (TPSA) is 18.5 Å². The van der Waals surface area contributed by atoms with Crippen LogP contribution in [0, 0.1) is 5.92 Å². The van der Waals surface area contributed by atoms with Gasteiger partial charge >= 0.3 is 0 Å². The summed E-state index contributed by atoms with van der Waals surface area (Å²) in [6.45, 7) is 16.6. The van der Waals surface area contributed by atoms with E-state index in [1.807, 2.05) is 0 Å². The molecule has 1 rings (SSSR count). The van der Waals surface area contributed by atoms with E-state index in [4.69, 9.17) is 0 Å². The largest absolute Gasteiger partial charge is 0.317 e. The van der Waals surface area contributed by atoms with Gasteiger partial charge in [0, 0.05) is 19.1 Å². The molecule has 0 aliphatic carbocycles. The number of nitrogens with one attached hydrogen (secondary N) is 1. The molecule has 0 aromatic rings. The van der Waals surface area contributed by atoms with Gasteiger partial charge in [-0.25, -0.2) is 0 Å². The Morgan fingerprint density at radius 2 is 1.90 bits per heavy atom. The SMILES string of the molecule is CCCCCN1CCCN(C(C)C(C)CCNCC)C1. The first-order valence-corrected chi connectivity index (χ1v) is 8.86. The number of hydrogen-bond donors (Lipinski definition) is 1. The van der Waals surface area contributed by atoms with Gasteiger partial charge in [-0.1, -0.05) is 33.6 Å². The van der Waals surface area contributed by atoms with Crippen molar-refractivity contribution in [3.8, 4) is 0 Å². The third-order valence-electron chi connectivity index (χ3n) is 4.81. The number of rotatable bonds is 10. The second-order valence-electron chi connectivity index (χ2n) is 6.49. The maximum absolute atomic E-state index is 3.45. The molecule has 2 unspecified atom stereocenters. The molecular weight excluding hydrogens is 246 g/mol. The molecular formula is C17H37N3. The molecule has 2 atom stereocenters. The van der Waals surface area contributed by atoms with Crippen LogP contribution in [0.4, 0.5) is 0 Å². The Morgan fingerprint density at radius 3 is 2.60 bits per heavy atom. The summed E-state index contributed by atoms with van der Waals surface area (Å²) in [6.07, 6.45) is 6.72. The van der Waals surface area contributed by atoms with Crippen LogP contribution in [0.1, 0.15) is 59.8 Å². The Bertz CT molecular complexity index is 224. The van der Waals surface area contributed by atoms with Gasteiger partial charge in [0.2, 0.25) is 0 Å². The van der Waals surface area contributed by atoms with E-state index >= 15 is 0 Å². The molecule has 1 N–H and O–H groups in total. The van der Waals surface area contributed by atoms with Crippen LogP contribution >= 0.6 is 0 Å². The Labute approximate surface area is 127 Å². The highest BCUT2D eigenvalue weighted by Crippen LogP contribution is 2.18. The molecule has 0 saturated carbocycles. The molecule has 0 aromatic carbocycles. The molecule has 3 heteroatoms. The van der Waals surface area contributed by atoms with Gasteiger partial charge in [0.1, 0.15) is 0 Å². The number of unbranched alkanes of at least 4 members (excludes halogenated alkanes) is 2. The molecule has 20 heavy (non-hydrogen) atoms. The van der Waals surface area contributed by atoms with Gasteiger partial charge < -0.3 is 5.32 Å². The normalized spacial score (nSPS) is 21.0. The molecule has 3 nitrogen and oxygen atoms in total. The van der Waals surface area contributed by atoms with Gasteiger partial charge in [-0.15, -0.1) is 0 Å². The van der Waals surface area contributed by atoms with Crippen molar-refractivity contribution in [2.24, 2.45) is 5.92 Å². The van der Waals surface area contributed by atoms with Crippen molar-refractivity contribution in [2.45, 2.75) is 65.8 Å². The van der Waals surface area contributed by atoms with Crippen LogP contribution in [-0.2, 0) is 0 Å². The zero-order valence-electron chi connectivity index (χ0n) is 14.3. The van der Waals surface area contributed by atoms with Crippen molar-refractivity contribution >= 4 is 0 Å². The molecule has 0 amide bonds. The minimum absolute atomic E-state index is 0.711. The van der Waals surface area contributed by atoms with Gasteiger partial charge in [0.15, 0.2) is 0 Å². The first-order valence-electron chi connectivity index (χ1n) is 8.86. The maximum atomic E-state index is 3.45. The molecule has 1 fully saturated rings. The minimum atomic E-state index is 0.711. The van der Waals surface area contributed by atoms with Crippen molar-refractivity contribution in [3.63, 3.8) is 0 Å². The van der Waals surface area contributed by atoms with Gasteiger partial charge in [-0.3, -0.25) is 9.80 Å². The number of nitrogens with zero attached hydrogens (tertiary/aromatic N) is 2. The van der Waals surface area contributed by atoms with Crippen LogP contribution in [0.2, 0.25) is 0 Å². The average Bonchev–Trinajstić information content (AvgIpc) is 2.47. The lowest BCUT2D eigenvalue weighted by Gasteiger charge is -2.41. The van der Waals surface area contributed by atoms with E-state index in [9.17, 15) is 0 Å². The predicted molar refractivity (Wildman–Crippen MR) is 89.1 cm³/mol. The zero-order chi connectivity index (χ0) is 14.8. The Hall–Kier alpha value is -0.120. The van der Waals surface area contributed by atoms with E-state index in [1.54, 1.807) is 0 Å². The van der Waals surface area contributed by atoms with Crippen LogP contribution in [0.5, 0.6) is 0 Å². The first kappa shape index (κ1) is 17.9. The van der Waals surface area contributed by atoms with Crippen molar-refractivity contribution in [3.05, 3.63) is 0 Å². The average molecular weight is 284 g/mol. The second kappa shape index (κ2) is 10.6. The van der Waals surface area contributed by atoms with E-state index in [1.165, 1.54) is 58.4 Å². The fourth-order valence-electron chi connectivity index (χ4n) is 3.10. The minimum Gasteiger partial charge on any atom is -0.317 e. The lowest BCUT2D eigenvalue weighted by Crippen LogP contribution is -2.50.